The Labute approximate surface area is 150 Å². The standard InChI is InChI=1S/C21H16N2O3/c24-20-17-12-6-7-13-18(17)22-19(23(20)14-8-2-1-3-9-14)15-10-4-5-11-16(15)21(25)26/h1-13,19,22H,(H,25,26)/t19-/m0/s1. The van der Waals surface area contributed by atoms with Gasteiger partial charge in [-0.2, -0.15) is 0 Å². The third-order valence-electron chi connectivity index (χ3n) is 4.45. The van der Waals surface area contributed by atoms with Crippen LogP contribution in [0.25, 0.3) is 0 Å². The summed E-state index contributed by atoms with van der Waals surface area (Å²) in [7, 11) is 0. The maximum atomic E-state index is 13.2. The number of aromatic carboxylic acids is 1. The minimum atomic E-state index is -1.03. The van der Waals surface area contributed by atoms with E-state index in [0.29, 0.717) is 22.5 Å². The van der Waals surface area contributed by atoms with Gasteiger partial charge in [-0.25, -0.2) is 4.79 Å². The van der Waals surface area contributed by atoms with E-state index in [2.05, 4.69) is 5.32 Å². The summed E-state index contributed by atoms with van der Waals surface area (Å²) in [6, 6.07) is 23.2. The SMILES string of the molecule is O=C(O)c1ccccc1[C@H]1Nc2ccccc2C(=O)N1c1ccccc1. The Kier molecular flexibility index (Phi) is 3.89. The summed E-state index contributed by atoms with van der Waals surface area (Å²) in [6.07, 6.45) is -0.618. The average Bonchev–Trinajstić information content (AvgIpc) is 2.68. The molecule has 0 aliphatic carbocycles. The van der Waals surface area contributed by atoms with Crippen LogP contribution in [0.3, 0.4) is 0 Å². The maximum Gasteiger partial charge on any atom is 0.336 e. The molecule has 0 bridgehead atoms. The zero-order valence-corrected chi connectivity index (χ0v) is 13.8. The second-order valence-corrected chi connectivity index (χ2v) is 6.00. The fourth-order valence-corrected chi connectivity index (χ4v) is 3.26. The number of nitrogens with zero attached hydrogens (tertiary/aromatic N) is 1. The lowest BCUT2D eigenvalue weighted by Crippen LogP contribution is -2.43. The molecule has 26 heavy (non-hydrogen) atoms. The first-order valence-corrected chi connectivity index (χ1v) is 8.23. The molecular formula is C21H16N2O3. The van der Waals surface area contributed by atoms with Gasteiger partial charge in [0.05, 0.1) is 11.1 Å². The van der Waals surface area contributed by atoms with Gasteiger partial charge < -0.3 is 10.4 Å². The molecule has 1 heterocycles. The summed E-state index contributed by atoms with van der Waals surface area (Å²) in [5, 5.41) is 12.9. The van der Waals surface area contributed by atoms with Crippen LogP contribution in [0.2, 0.25) is 0 Å². The summed E-state index contributed by atoms with van der Waals surface area (Å²) in [5.41, 5.74) is 2.64. The molecule has 1 atom stereocenters. The highest BCUT2D eigenvalue weighted by Gasteiger charge is 2.35. The number of amides is 1. The fraction of sp³-hybridized carbons (Fsp3) is 0.0476. The van der Waals surface area contributed by atoms with Crippen molar-refractivity contribution in [1.29, 1.82) is 0 Å². The molecule has 128 valence electrons. The van der Waals surface area contributed by atoms with Gasteiger partial charge in [0.15, 0.2) is 0 Å². The Morgan fingerprint density at radius 1 is 0.885 bits per heavy atom. The number of nitrogens with one attached hydrogen (secondary N) is 1. The molecule has 3 aromatic rings. The number of para-hydroxylation sites is 2. The number of carbonyl (C=O) groups excluding carboxylic acids is 1. The fourth-order valence-electron chi connectivity index (χ4n) is 3.26. The van der Waals surface area contributed by atoms with Crippen molar-refractivity contribution < 1.29 is 14.7 Å². The summed E-state index contributed by atoms with van der Waals surface area (Å²) < 4.78 is 0. The highest BCUT2D eigenvalue weighted by Crippen LogP contribution is 2.37. The zero-order chi connectivity index (χ0) is 18.1. The first-order valence-electron chi connectivity index (χ1n) is 8.23. The van der Waals surface area contributed by atoms with E-state index in [-0.39, 0.29) is 11.5 Å². The summed E-state index contributed by atoms with van der Waals surface area (Å²) >= 11 is 0. The monoisotopic (exact) mass is 344 g/mol. The average molecular weight is 344 g/mol. The van der Waals surface area contributed by atoms with E-state index in [1.54, 1.807) is 35.2 Å². The molecule has 1 aliphatic rings. The minimum Gasteiger partial charge on any atom is -0.478 e. The van der Waals surface area contributed by atoms with E-state index >= 15 is 0 Å². The van der Waals surface area contributed by atoms with Gasteiger partial charge in [-0.3, -0.25) is 9.69 Å². The molecule has 0 saturated heterocycles. The van der Waals surface area contributed by atoms with Gasteiger partial charge in [-0.15, -0.1) is 0 Å². The van der Waals surface area contributed by atoms with E-state index in [1.165, 1.54) is 0 Å². The van der Waals surface area contributed by atoms with Crippen LogP contribution in [0, 0.1) is 0 Å². The van der Waals surface area contributed by atoms with Crippen molar-refractivity contribution in [1.82, 2.24) is 0 Å². The number of rotatable bonds is 3. The van der Waals surface area contributed by atoms with Gasteiger partial charge in [0.1, 0.15) is 6.17 Å². The molecule has 0 unspecified atom stereocenters. The Balaban J connectivity index is 1.92. The molecule has 3 aromatic carbocycles. The molecule has 4 rings (SSSR count). The van der Waals surface area contributed by atoms with Gasteiger partial charge in [0, 0.05) is 16.9 Å². The molecule has 0 spiro atoms. The maximum absolute atomic E-state index is 13.2. The number of fused-ring (bicyclic) bond motifs is 1. The van der Waals surface area contributed by atoms with Crippen LogP contribution in [0.1, 0.15) is 32.4 Å². The molecule has 0 aromatic heterocycles. The number of benzene rings is 3. The molecule has 5 nitrogen and oxygen atoms in total. The minimum absolute atomic E-state index is 0.165. The third kappa shape index (κ3) is 2.59. The predicted molar refractivity (Wildman–Crippen MR) is 99.5 cm³/mol. The number of hydrogen-bond donors (Lipinski definition) is 2. The Bertz CT molecular complexity index is 985. The van der Waals surface area contributed by atoms with Gasteiger partial charge in [0.2, 0.25) is 0 Å². The Hall–Kier alpha value is -3.60. The molecule has 5 heteroatoms. The molecule has 0 radical (unpaired) electrons. The molecule has 0 saturated carbocycles. The van der Waals surface area contributed by atoms with Crippen molar-refractivity contribution in [3.05, 3.63) is 95.6 Å². The van der Waals surface area contributed by atoms with Crippen LogP contribution in [0.15, 0.2) is 78.9 Å². The van der Waals surface area contributed by atoms with E-state index < -0.39 is 12.1 Å². The van der Waals surface area contributed by atoms with Crippen molar-refractivity contribution in [2.45, 2.75) is 6.17 Å². The van der Waals surface area contributed by atoms with E-state index in [1.807, 2.05) is 48.5 Å². The van der Waals surface area contributed by atoms with Gasteiger partial charge in [0.25, 0.3) is 5.91 Å². The molecule has 1 aliphatic heterocycles. The van der Waals surface area contributed by atoms with Crippen LogP contribution < -0.4 is 10.2 Å². The topological polar surface area (TPSA) is 69.6 Å². The number of anilines is 2. The predicted octanol–water partition coefficient (Wildman–Crippen LogP) is 4.16. The second kappa shape index (κ2) is 6.37. The van der Waals surface area contributed by atoms with E-state index in [4.69, 9.17) is 0 Å². The summed E-state index contributed by atoms with van der Waals surface area (Å²) in [6.45, 7) is 0. The van der Waals surface area contributed by atoms with Crippen molar-refractivity contribution in [2.24, 2.45) is 0 Å². The quantitative estimate of drug-likeness (QED) is 0.749. The summed E-state index contributed by atoms with van der Waals surface area (Å²) in [5.74, 6) is -1.20. The van der Waals surface area contributed by atoms with Gasteiger partial charge >= 0.3 is 5.97 Å². The number of carboxylic acids is 1. The van der Waals surface area contributed by atoms with Crippen molar-refractivity contribution >= 4 is 23.3 Å². The first-order chi connectivity index (χ1) is 12.7. The number of hydrogen-bond acceptors (Lipinski definition) is 3. The molecule has 1 amide bonds. The number of carboxylic acid groups (broad SMARTS) is 1. The van der Waals surface area contributed by atoms with E-state index in [0.717, 1.165) is 0 Å². The first kappa shape index (κ1) is 15.9. The van der Waals surface area contributed by atoms with Crippen LogP contribution in [0.5, 0.6) is 0 Å². The Morgan fingerprint density at radius 2 is 1.54 bits per heavy atom. The van der Waals surface area contributed by atoms with Crippen molar-refractivity contribution in [3.63, 3.8) is 0 Å². The lowest BCUT2D eigenvalue weighted by atomic mass is 9.99. The smallest absolute Gasteiger partial charge is 0.336 e. The highest BCUT2D eigenvalue weighted by molar-refractivity contribution is 6.12. The Morgan fingerprint density at radius 3 is 2.31 bits per heavy atom. The van der Waals surface area contributed by atoms with Crippen LogP contribution >= 0.6 is 0 Å². The molecule has 0 fully saturated rings. The summed E-state index contributed by atoms with van der Waals surface area (Å²) in [4.78, 5) is 26.5. The van der Waals surface area contributed by atoms with Crippen molar-refractivity contribution in [2.75, 3.05) is 10.2 Å². The number of carbonyl (C=O) groups is 2. The molecule has 2 N–H and O–H groups in total. The second-order valence-electron chi connectivity index (χ2n) is 6.00. The molecular weight excluding hydrogens is 328 g/mol. The largest absolute Gasteiger partial charge is 0.478 e. The van der Waals surface area contributed by atoms with Crippen LogP contribution in [-0.2, 0) is 0 Å². The van der Waals surface area contributed by atoms with Crippen molar-refractivity contribution in [3.8, 4) is 0 Å². The van der Waals surface area contributed by atoms with E-state index in [9.17, 15) is 14.7 Å². The highest BCUT2D eigenvalue weighted by atomic mass is 16.4. The lowest BCUT2D eigenvalue weighted by molar-refractivity contribution is 0.0694. The van der Waals surface area contributed by atoms with Crippen LogP contribution in [-0.4, -0.2) is 17.0 Å². The third-order valence-corrected chi connectivity index (χ3v) is 4.45. The van der Waals surface area contributed by atoms with Gasteiger partial charge in [-0.05, 0) is 30.3 Å². The lowest BCUT2D eigenvalue weighted by Gasteiger charge is -2.38. The van der Waals surface area contributed by atoms with Gasteiger partial charge in [-0.1, -0.05) is 48.5 Å². The zero-order valence-electron chi connectivity index (χ0n) is 13.8. The van der Waals surface area contributed by atoms with Crippen LogP contribution in [0.4, 0.5) is 11.4 Å². The normalized spacial score (nSPS) is 15.9.